The van der Waals surface area contributed by atoms with Gasteiger partial charge in [-0.3, -0.25) is 0 Å². The molecule has 0 bridgehead atoms. The van der Waals surface area contributed by atoms with Crippen molar-refractivity contribution < 1.29 is 0 Å². The molecule has 0 spiro atoms. The van der Waals surface area contributed by atoms with Crippen molar-refractivity contribution in [3.63, 3.8) is 0 Å². The van der Waals surface area contributed by atoms with E-state index in [0.717, 1.165) is 36.0 Å². The molecule has 0 aliphatic carbocycles. The number of guanidine groups is 1. The number of pyridine rings is 1. The molecule has 1 aromatic rings. The van der Waals surface area contributed by atoms with Crippen LogP contribution < -0.4 is 16.0 Å². The van der Waals surface area contributed by atoms with Crippen molar-refractivity contribution in [3.8, 4) is 0 Å². The minimum atomic E-state index is 0. The lowest BCUT2D eigenvalue weighted by atomic mass is 9.99. The lowest BCUT2D eigenvalue weighted by molar-refractivity contribution is 0.436. The van der Waals surface area contributed by atoms with Crippen molar-refractivity contribution in [2.45, 2.75) is 33.2 Å². The van der Waals surface area contributed by atoms with Gasteiger partial charge in [-0.1, -0.05) is 25.1 Å². The molecule has 6 heteroatoms. The minimum Gasteiger partial charge on any atom is -0.370 e. The number of nitrogens with two attached hydrogens (primary N) is 1. The predicted octanol–water partition coefficient (Wildman–Crippen LogP) is 2.92. The Labute approximate surface area is 156 Å². The van der Waals surface area contributed by atoms with Crippen LogP contribution in [0.2, 0.25) is 0 Å². The van der Waals surface area contributed by atoms with Gasteiger partial charge in [0.25, 0.3) is 0 Å². The zero-order chi connectivity index (χ0) is 15.9. The number of rotatable bonds is 5. The Kier molecular flexibility index (Phi) is 8.36. The van der Waals surface area contributed by atoms with Crippen LogP contribution in [0.1, 0.15) is 32.3 Å². The average molecular weight is 429 g/mol. The first-order valence-corrected chi connectivity index (χ1v) is 7.92. The molecule has 3 N–H and O–H groups in total. The van der Waals surface area contributed by atoms with Gasteiger partial charge in [-0.05, 0) is 37.3 Å². The summed E-state index contributed by atoms with van der Waals surface area (Å²) < 4.78 is 0. The Morgan fingerprint density at radius 3 is 2.70 bits per heavy atom. The van der Waals surface area contributed by atoms with Gasteiger partial charge in [-0.15, -0.1) is 24.0 Å². The van der Waals surface area contributed by atoms with E-state index in [1.54, 1.807) is 0 Å². The van der Waals surface area contributed by atoms with Gasteiger partial charge < -0.3 is 16.0 Å². The molecule has 1 saturated heterocycles. The molecule has 0 saturated carbocycles. The molecule has 2 heterocycles. The summed E-state index contributed by atoms with van der Waals surface area (Å²) in [5.74, 6) is 2.34. The Morgan fingerprint density at radius 2 is 2.13 bits per heavy atom. The van der Waals surface area contributed by atoms with Crippen LogP contribution >= 0.6 is 24.0 Å². The second kappa shape index (κ2) is 9.75. The topological polar surface area (TPSA) is 66.5 Å². The van der Waals surface area contributed by atoms with Gasteiger partial charge in [-0.25, -0.2) is 9.98 Å². The molecule has 0 atom stereocenters. The number of hydrogen-bond donors (Lipinski definition) is 2. The van der Waals surface area contributed by atoms with E-state index in [9.17, 15) is 0 Å². The van der Waals surface area contributed by atoms with Crippen LogP contribution in [0.25, 0.3) is 0 Å². The zero-order valence-corrected chi connectivity index (χ0v) is 16.4. The largest absolute Gasteiger partial charge is 0.370 e. The fraction of sp³-hybridized carbons (Fsp3) is 0.529. The molecule has 1 aromatic heterocycles. The molecule has 1 aliphatic heterocycles. The summed E-state index contributed by atoms with van der Waals surface area (Å²) >= 11 is 0. The van der Waals surface area contributed by atoms with Crippen LogP contribution in [-0.2, 0) is 6.54 Å². The van der Waals surface area contributed by atoms with Gasteiger partial charge in [0.05, 0.1) is 6.54 Å². The Bertz CT molecular complexity index is 518. The lowest BCUT2D eigenvalue weighted by Gasteiger charge is -2.31. The van der Waals surface area contributed by atoms with Crippen LogP contribution in [0.3, 0.4) is 0 Å². The third-order valence-electron chi connectivity index (χ3n) is 3.92. The first-order chi connectivity index (χ1) is 10.5. The highest BCUT2D eigenvalue weighted by atomic mass is 127. The van der Waals surface area contributed by atoms with Gasteiger partial charge in [0, 0.05) is 25.8 Å². The zero-order valence-electron chi connectivity index (χ0n) is 14.1. The van der Waals surface area contributed by atoms with Crippen LogP contribution in [-0.4, -0.2) is 30.6 Å². The first-order valence-electron chi connectivity index (χ1n) is 7.92. The van der Waals surface area contributed by atoms with Crippen molar-refractivity contribution in [1.29, 1.82) is 0 Å². The maximum atomic E-state index is 5.80. The second-order valence-electron chi connectivity index (χ2n) is 6.21. The summed E-state index contributed by atoms with van der Waals surface area (Å²) in [6.07, 6.45) is 4.39. The standard InChI is InChI=1S/C17H27N5.HI/c1-13(2)10-20-17(18)21-12-15-4-5-16(19-11-15)22-8-6-14(3)7-9-22;/h4-5,11,14H,1,6-10,12H2,2-3H3,(H3,18,20,21);1H. The molecule has 2 rings (SSSR count). The van der Waals surface area contributed by atoms with Crippen LogP contribution in [0.5, 0.6) is 0 Å². The third-order valence-corrected chi connectivity index (χ3v) is 3.92. The number of nitrogens with zero attached hydrogens (tertiary/aromatic N) is 3. The minimum absolute atomic E-state index is 0. The maximum Gasteiger partial charge on any atom is 0.189 e. The second-order valence-corrected chi connectivity index (χ2v) is 6.21. The molecule has 0 radical (unpaired) electrons. The molecule has 0 amide bonds. The van der Waals surface area contributed by atoms with E-state index in [1.807, 2.05) is 13.1 Å². The monoisotopic (exact) mass is 429 g/mol. The molecular weight excluding hydrogens is 401 g/mol. The van der Waals surface area contributed by atoms with E-state index in [-0.39, 0.29) is 24.0 Å². The summed E-state index contributed by atoms with van der Waals surface area (Å²) in [5.41, 5.74) is 7.89. The number of piperidine rings is 1. The Hall–Kier alpha value is -1.31. The van der Waals surface area contributed by atoms with Gasteiger partial charge in [-0.2, -0.15) is 0 Å². The highest BCUT2D eigenvalue weighted by Gasteiger charge is 2.16. The number of aromatic nitrogens is 1. The summed E-state index contributed by atoms with van der Waals surface area (Å²) in [6.45, 7) is 11.5. The number of aliphatic imine (C=N–C) groups is 1. The van der Waals surface area contributed by atoms with E-state index in [0.29, 0.717) is 19.0 Å². The fourth-order valence-corrected chi connectivity index (χ4v) is 2.41. The number of anilines is 1. The van der Waals surface area contributed by atoms with Crippen molar-refractivity contribution in [3.05, 3.63) is 36.0 Å². The van der Waals surface area contributed by atoms with Gasteiger partial charge >= 0.3 is 0 Å². The van der Waals surface area contributed by atoms with E-state index >= 15 is 0 Å². The van der Waals surface area contributed by atoms with Crippen molar-refractivity contribution >= 4 is 35.8 Å². The summed E-state index contributed by atoms with van der Waals surface area (Å²) in [6, 6.07) is 4.16. The number of halogens is 1. The SMILES string of the molecule is C=C(C)CNC(N)=NCc1ccc(N2CCC(C)CC2)nc1.I. The smallest absolute Gasteiger partial charge is 0.189 e. The van der Waals surface area contributed by atoms with Crippen LogP contribution in [0.15, 0.2) is 35.5 Å². The molecule has 0 aromatic carbocycles. The van der Waals surface area contributed by atoms with Crippen molar-refractivity contribution in [1.82, 2.24) is 10.3 Å². The lowest BCUT2D eigenvalue weighted by Crippen LogP contribution is -2.33. The summed E-state index contributed by atoms with van der Waals surface area (Å²) in [7, 11) is 0. The van der Waals surface area contributed by atoms with Gasteiger partial charge in [0.2, 0.25) is 0 Å². The fourth-order valence-electron chi connectivity index (χ4n) is 2.41. The number of nitrogens with one attached hydrogen (secondary N) is 1. The molecule has 23 heavy (non-hydrogen) atoms. The van der Waals surface area contributed by atoms with Gasteiger partial charge in [0.1, 0.15) is 5.82 Å². The Balaban J connectivity index is 0.00000264. The highest BCUT2D eigenvalue weighted by Crippen LogP contribution is 2.21. The first kappa shape index (κ1) is 19.7. The van der Waals surface area contributed by atoms with E-state index in [4.69, 9.17) is 5.73 Å². The average Bonchev–Trinajstić information content (AvgIpc) is 2.52. The highest BCUT2D eigenvalue weighted by molar-refractivity contribution is 14.0. The molecule has 1 aliphatic rings. The predicted molar refractivity (Wildman–Crippen MR) is 108 cm³/mol. The Morgan fingerprint density at radius 1 is 1.43 bits per heavy atom. The van der Waals surface area contributed by atoms with Crippen molar-refractivity contribution in [2.75, 3.05) is 24.5 Å². The van der Waals surface area contributed by atoms with Crippen LogP contribution in [0.4, 0.5) is 5.82 Å². The summed E-state index contributed by atoms with van der Waals surface area (Å²) in [5, 5.41) is 3.02. The normalized spacial score (nSPS) is 15.9. The van der Waals surface area contributed by atoms with E-state index in [2.05, 4.69) is 45.8 Å². The third kappa shape index (κ3) is 6.76. The van der Waals surface area contributed by atoms with Crippen LogP contribution in [0, 0.1) is 5.92 Å². The molecule has 128 valence electrons. The van der Waals surface area contributed by atoms with Crippen molar-refractivity contribution in [2.24, 2.45) is 16.6 Å². The number of hydrogen-bond acceptors (Lipinski definition) is 3. The maximum absolute atomic E-state index is 5.80. The molecule has 1 fully saturated rings. The van der Waals surface area contributed by atoms with E-state index < -0.39 is 0 Å². The molecular formula is C17H28IN5. The van der Waals surface area contributed by atoms with E-state index in [1.165, 1.54) is 12.8 Å². The quantitative estimate of drug-likeness (QED) is 0.327. The molecule has 0 unspecified atom stereocenters. The summed E-state index contributed by atoms with van der Waals surface area (Å²) in [4.78, 5) is 11.2. The van der Waals surface area contributed by atoms with Gasteiger partial charge in [0.15, 0.2) is 5.96 Å². The molecule has 5 nitrogen and oxygen atoms in total.